The lowest BCUT2D eigenvalue weighted by molar-refractivity contribution is -0.144. The summed E-state index contributed by atoms with van der Waals surface area (Å²) in [5.74, 6) is -0.971. The molecule has 5 heteroatoms. The van der Waals surface area contributed by atoms with E-state index in [4.69, 9.17) is 16.3 Å². The molecule has 4 nitrogen and oxygen atoms in total. The number of rotatable bonds is 6. The first-order valence-electron chi connectivity index (χ1n) is 5.24. The Morgan fingerprint density at radius 3 is 2.71 bits per heavy atom. The van der Waals surface area contributed by atoms with Gasteiger partial charge in [0.05, 0.1) is 6.61 Å². The van der Waals surface area contributed by atoms with E-state index < -0.39 is 11.5 Å². The number of ether oxygens (including phenoxy) is 1. The van der Waals surface area contributed by atoms with Crippen molar-refractivity contribution in [1.82, 2.24) is 5.32 Å². The average Bonchev–Trinajstić information content (AvgIpc) is 2.29. The number of methoxy groups -OCH3 is 1. The second-order valence-corrected chi connectivity index (χ2v) is 4.24. The van der Waals surface area contributed by atoms with Gasteiger partial charge in [-0.2, -0.15) is 0 Å². The van der Waals surface area contributed by atoms with E-state index in [0.717, 1.165) is 0 Å². The molecule has 17 heavy (non-hydrogen) atoms. The molecule has 1 aromatic rings. The molecule has 0 radical (unpaired) electrons. The van der Waals surface area contributed by atoms with Gasteiger partial charge >= 0.3 is 5.97 Å². The summed E-state index contributed by atoms with van der Waals surface area (Å²) in [4.78, 5) is 11.4. The molecule has 0 aliphatic carbocycles. The van der Waals surface area contributed by atoms with Gasteiger partial charge in [-0.05, 0) is 13.0 Å². The van der Waals surface area contributed by atoms with E-state index in [1.165, 1.54) is 0 Å². The molecule has 0 aliphatic heterocycles. The molecule has 0 aromatic heterocycles. The van der Waals surface area contributed by atoms with Crippen LogP contribution in [0, 0.1) is 0 Å². The summed E-state index contributed by atoms with van der Waals surface area (Å²) in [7, 11) is 1.56. The highest BCUT2D eigenvalue weighted by Crippen LogP contribution is 2.28. The number of carboxylic acid groups (broad SMARTS) is 1. The van der Waals surface area contributed by atoms with Crippen LogP contribution in [0.3, 0.4) is 0 Å². The first-order chi connectivity index (χ1) is 8.02. The highest BCUT2D eigenvalue weighted by Gasteiger charge is 2.36. The lowest BCUT2D eigenvalue weighted by Gasteiger charge is -2.27. The monoisotopic (exact) mass is 257 g/mol. The van der Waals surface area contributed by atoms with Crippen LogP contribution in [0.1, 0.15) is 12.5 Å². The highest BCUT2D eigenvalue weighted by atomic mass is 35.5. The number of hydrogen-bond acceptors (Lipinski definition) is 3. The van der Waals surface area contributed by atoms with E-state index in [-0.39, 0.29) is 0 Å². The predicted octanol–water partition coefficient (Wildman–Crippen LogP) is 1.88. The Morgan fingerprint density at radius 1 is 1.53 bits per heavy atom. The van der Waals surface area contributed by atoms with Gasteiger partial charge in [-0.25, -0.2) is 4.79 Å². The third-order valence-electron chi connectivity index (χ3n) is 2.63. The molecule has 0 bridgehead atoms. The number of aliphatic carboxylic acids is 1. The zero-order valence-electron chi connectivity index (χ0n) is 9.87. The van der Waals surface area contributed by atoms with Crippen LogP contribution >= 0.6 is 11.6 Å². The van der Waals surface area contributed by atoms with Gasteiger partial charge in [0, 0.05) is 24.2 Å². The Kier molecular flexibility index (Phi) is 4.93. The molecule has 1 aromatic carbocycles. The van der Waals surface area contributed by atoms with Crippen molar-refractivity contribution in [3.8, 4) is 0 Å². The highest BCUT2D eigenvalue weighted by molar-refractivity contribution is 6.31. The lowest BCUT2D eigenvalue weighted by Crippen LogP contribution is -2.48. The Morgan fingerprint density at radius 2 is 2.18 bits per heavy atom. The number of halogens is 1. The summed E-state index contributed by atoms with van der Waals surface area (Å²) >= 11 is 6.03. The molecule has 1 unspecified atom stereocenters. The van der Waals surface area contributed by atoms with Gasteiger partial charge in [-0.3, -0.25) is 5.32 Å². The molecule has 0 fully saturated rings. The molecule has 0 heterocycles. The van der Waals surface area contributed by atoms with Crippen LogP contribution in [0.15, 0.2) is 24.3 Å². The third-order valence-corrected chi connectivity index (χ3v) is 2.95. The van der Waals surface area contributed by atoms with E-state index in [2.05, 4.69) is 5.32 Å². The minimum atomic E-state index is -1.21. The van der Waals surface area contributed by atoms with Crippen molar-refractivity contribution in [2.75, 3.05) is 20.3 Å². The summed E-state index contributed by atoms with van der Waals surface area (Å²) in [6, 6.07) is 6.91. The van der Waals surface area contributed by atoms with Gasteiger partial charge in [0.15, 0.2) is 0 Å². The Labute approximate surface area is 106 Å². The van der Waals surface area contributed by atoms with Crippen LogP contribution in [0.25, 0.3) is 0 Å². The first kappa shape index (κ1) is 14.0. The molecule has 0 saturated heterocycles. The summed E-state index contributed by atoms with van der Waals surface area (Å²) < 4.78 is 4.89. The van der Waals surface area contributed by atoms with Gasteiger partial charge in [-0.15, -0.1) is 0 Å². The predicted molar refractivity (Wildman–Crippen MR) is 66.3 cm³/mol. The maximum atomic E-state index is 11.4. The van der Waals surface area contributed by atoms with Gasteiger partial charge in [-0.1, -0.05) is 29.8 Å². The van der Waals surface area contributed by atoms with Crippen molar-refractivity contribution >= 4 is 17.6 Å². The Hall–Kier alpha value is -1.10. The number of carbonyl (C=O) groups is 1. The largest absolute Gasteiger partial charge is 0.480 e. The standard InChI is InChI=1S/C12H16ClNO3/c1-12(11(15)16,14-7-8-17-2)9-5-3-4-6-10(9)13/h3-6,14H,7-8H2,1-2H3,(H,15,16). The van der Waals surface area contributed by atoms with Crippen molar-refractivity contribution in [3.05, 3.63) is 34.9 Å². The van der Waals surface area contributed by atoms with Gasteiger partial charge in [0.1, 0.15) is 5.54 Å². The zero-order valence-corrected chi connectivity index (χ0v) is 10.6. The molecule has 0 spiro atoms. The van der Waals surface area contributed by atoms with E-state index >= 15 is 0 Å². The molecule has 2 N–H and O–H groups in total. The molecule has 0 aliphatic rings. The fraction of sp³-hybridized carbons (Fsp3) is 0.417. The number of hydrogen-bond donors (Lipinski definition) is 2. The Bertz CT molecular complexity index is 397. The third kappa shape index (κ3) is 3.19. The summed E-state index contributed by atoms with van der Waals surface area (Å²) in [5.41, 5.74) is -0.665. The first-order valence-corrected chi connectivity index (χ1v) is 5.62. The maximum absolute atomic E-state index is 11.4. The second-order valence-electron chi connectivity index (χ2n) is 3.83. The van der Waals surface area contributed by atoms with Crippen molar-refractivity contribution in [3.63, 3.8) is 0 Å². The Balaban J connectivity index is 2.99. The molecular formula is C12H16ClNO3. The van der Waals surface area contributed by atoms with Crippen molar-refractivity contribution < 1.29 is 14.6 Å². The van der Waals surface area contributed by atoms with E-state index in [9.17, 15) is 9.90 Å². The molecule has 1 rings (SSSR count). The van der Waals surface area contributed by atoms with Crippen molar-refractivity contribution in [2.45, 2.75) is 12.5 Å². The quantitative estimate of drug-likeness (QED) is 0.764. The summed E-state index contributed by atoms with van der Waals surface area (Å²) in [5, 5.41) is 12.7. The van der Waals surface area contributed by atoms with E-state index in [1.54, 1.807) is 38.3 Å². The fourth-order valence-electron chi connectivity index (χ4n) is 1.56. The minimum absolute atomic E-state index is 0.433. The lowest BCUT2D eigenvalue weighted by atomic mass is 9.92. The molecular weight excluding hydrogens is 242 g/mol. The number of nitrogens with one attached hydrogen (secondary N) is 1. The van der Waals surface area contributed by atoms with Crippen LogP contribution < -0.4 is 5.32 Å². The number of benzene rings is 1. The average molecular weight is 258 g/mol. The van der Waals surface area contributed by atoms with Crippen molar-refractivity contribution in [2.24, 2.45) is 0 Å². The van der Waals surface area contributed by atoms with E-state index in [0.29, 0.717) is 23.7 Å². The molecule has 94 valence electrons. The maximum Gasteiger partial charge on any atom is 0.328 e. The molecule has 0 saturated carbocycles. The van der Waals surface area contributed by atoms with Crippen LogP contribution in [-0.4, -0.2) is 31.3 Å². The topological polar surface area (TPSA) is 58.6 Å². The number of carboxylic acids is 1. The zero-order chi connectivity index (χ0) is 12.9. The van der Waals surface area contributed by atoms with Crippen molar-refractivity contribution in [1.29, 1.82) is 0 Å². The minimum Gasteiger partial charge on any atom is -0.480 e. The smallest absolute Gasteiger partial charge is 0.328 e. The van der Waals surface area contributed by atoms with Gasteiger partial charge < -0.3 is 9.84 Å². The fourth-order valence-corrected chi connectivity index (χ4v) is 1.88. The van der Waals surface area contributed by atoms with Crippen LogP contribution in [0.4, 0.5) is 0 Å². The summed E-state index contributed by atoms with van der Waals surface area (Å²) in [6.45, 7) is 2.46. The van der Waals surface area contributed by atoms with Gasteiger partial charge in [0.25, 0.3) is 0 Å². The molecule has 0 amide bonds. The molecule has 1 atom stereocenters. The second kappa shape index (κ2) is 6.00. The van der Waals surface area contributed by atoms with Crippen LogP contribution in [0.5, 0.6) is 0 Å². The van der Waals surface area contributed by atoms with Crippen LogP contribution in [-0.2, 0) is 15.1 Å². The van der Waals surface area contributed by atoms with Gasteiger partial charge in [0.2, 0.25) is 0 Å². The van der Waals surface area contributed by atoms with E-state index in [1.807, 2.05) is 0 Å². The normalized spacial score (nSPS) is 14.3. The SMILES string of the molecule is COCCNC(C)(C(=O)O)c1ccccc1Cl. The summed E-state index contributed by atoms with van der Waals surface area (Å²) in [6.07, 6.45) is 0. The van der Waals surface area contributed by atoms with Crippen LogP contribution in [0.2, 0.25) is 5.02 Å².